The number of ether oxygens (including phenoxy) is 2. The van der Waals surface area contributed by atoms with Crippen LogP contribution in [-0.2, 0) is 36.3 Å². The average molecular weight is 850 g/mol. The van der Waals surface area contributed by atoms with E-state index >= 15 is 0 Å². The lowest BCUT2D eigenvalue weighted by Gasteiger charge is -2.27. The van der Waals surface area contributed by atoms with E-state index in [9.17, 15) is 48.6 Å². The zero-order chi connectivity index (χ0) is 41.4. The third-order valence-corrected chi connectivity index (χ3v) is 11.4. The van der Waals surface area contributed by atoms with E-state index in [0.717, 1.165) is 17.8 Å². The van der Waals surface area contributed by atoms with Gasteiger partial charge in [-0.1, -0.05) is 13.8 Å². The lowest BCUT2D eigenvalue weighted by Crippen LogP contribution is -2.44. The van der Waals surface area contributed by atoms with Crippen molar-refractivity contribution in [1.29, 1.82) is 0 Å². The number of H-pyrrole nitrogens is 2. The van der Waals surface area contributed by atoms with E-state index in [1.807, 2.05) is 13.8 Å². The molecular formula is C24H38N9O19P3. The Balaban J connectivity index is 0.000000260. The molecule has 28 nitrogen and oxygen atoms in total. The Morgan fingerprint density at radius 3 is 2.00 bits per heavy atom. The molecule has 4 aromatic heterocycles. The molecule has 0 aliphatic carbocycles. The van der Waals surface area contributed by atoms with Crippen molar-refractivity contribution in [2.45, 2.75) is 76.3 Å². The molecule has 6 rings (SSSR count). The summed E-state index contributed by atoms with van der Waals surface area (Å²) in [5.41, 5.74) is 2.38. The van der Waals surface area contributed by atoms with Gasteiger partial charge < -0.3 is 65.3 Å². The Labute approximate surface area is 306 Å². The van der Waals surface area contributed by atoms with Crippen LogP contribution in [0.2, 0.25) is 0 Å². The fourth-order valence-corrected chi connectivity index (χ4v) is 8.33. The summed E-state index contributed by atoms with van der Waals surface area (Å²) in [7, 11) is -16.8. The van der Waals surface area contributed by atoms with Crippen molar-refractivity contribution < 1.29 is 81.4 Å². The molecule has 2 aliphatic rings. The summed E-state index contributed by atoms with van der Waals surface area (Å²) in [6.07, 6.45) is -6.78. The number of nitrogens with one attached hydrogen (secondary N) is 2. The number of aromatic amines is 2. The highest BCUT2D eigenvalue weighted by atomic mass is 31.3. The van der Waals surface area contributed by atoms with E-state index in [4.69, 9.17) is 35.0 Å². The van der Waals surface area contributed by atoms with Crippen LogP contribution in [0.3, 0.4) is 0 Å². The molecule has 4 aromatic rings. The highest BCUT2D eigenvalue weighted by molar-refractivity contribution is 7.66. The largest absolute Gasteiger partial charge is 0.490 e. The summed E-state index contributed by atoms with van der Waals surface area (Å²) < 4.78 is 58.8. The van der Waals surface area contributed by atoms with E-state index in [-0.39, 0.29) is 28.3 Å². The van der Waals surface area contributed by atoms with Crippen molar-refractivity contribution in [1.82, 2.24) is 39.0 Å². The highest BCUT2D eigenvalue weighted by Gasteiger charge is 2.54. The number of hydrogen-bond acceptors (Lipinski definition) is 20. The molecule has 0 saturated carbocycles. The molecule has 0 bridgehead atoms. The number of nitrogens with zero attached hydrogens (tertiary/aromatic N) is 6. The Bertz CT molecular complexity index is 2260. The van der Waals surface area contributed by atoms with Crippen LogP contribution in [0.25, 0.3) is 22.3 Å². The predicted octanol–water partition coefficient (Wildman–Crippen LogP) is -2.88. The number of phosphoric acid groups is 3. The minimum Gasteiger partial charge on any atom is -0.394 e. The van der Waals surface area contributed by atoms with Gasteiger partial charge in [-0.15, -0.1) is 0 Å². The number of aromatic nitrogens is 8. The van der Waals surface area contributed by atoms with Crippen LogP contribution in [0.15, 0.2) is 22.2 Å². The summed E-state index contributed by atoms with van der Waals surface area (Å²) in [6, 6.07) is 0. The van der Waals surface area contributed by atoms with Crippen molar-refractivity contribution >= 4 is 51.7 Å². The summed E-state index contributed by atoms with van der Waals surface area (Å²) in [6.45, 7) is 5.29. The van der Waals surface area contributed by atoms with Gasteiger partial charge in [0.1, 0.15) is 41.9 Å². The fourth-order valence-electron chi connectivity index (χ4n) is 5.30. The van der Waals surface area contributed by atoms with Crippen molar-refractivity contribution in [2.24, 2.45) is 0 Å². The maximum absolute atomic E-state index is 11.9. The molecule has 10 atom stereocenters. The second kappa shape index (κ2) is 16.6. The number of phosphoric ester groups is 1. The van der Waals surface area contributed by atoms with Gasteiger partial charge in [0.25, 0.3) is 11.1 Å². The second-order valence-electron chi connectivity index (χ2n) is 11.6. The quantitative estimate of drug-likeness (QED) is 0.0713. The predicted molar refractivity (Wildman–Crippen MR) is 180 cm³/mol. The van der Waals surface area contributed by atoms with Crippen molar-refractivity contribution in [3.05, 3.63) is 39.2 Å². The number of nitrogens with two attached hydrogens (primary N) is 1. The summed E-state index contributed by atoms with van der Waals surface area (Å²) in [4.78, 5) is 79.9. The first-order valence-electron chi connectivity index (χ1n) is 15.6. The van der Waals surface area contributed by atoms with E-state index in [0.29, 0.717) is 5.82 Å². The van der Waals surface area contributed by atoms with Gasteiger partial charge in [0.05, 0.1) is 25.9 Å². The minimum atomic E-state index is -5.75. The van der Waals surface area contributed by atoms with Gasteiger partial charge in [-0.3, -0.25) is 28.2 Å². The van der Waals surface area contributed by atoms with Gasteiger partial charge in [-0.2, -0.15) is 13.6 Å². The van der Waals surface area contributed by atoms with Crippen LogP contribution in [0.1, 0.15) is 39.1 Å². The van der Waals surface area contributed by atoms with Gasteiger partial charge in [0.2, 0.25) is 5.95 Å². The maximum Gasteiger partial charge on any atom is 0.490 e. The number of anilines is 1. The Morgan fingerprint density at radius 2 is 1.44 bits per heavy atom. The van der Waals surface area contributed by atoms with Gasteiger partial charge in [-0.25, -0.2) is 28.6 Å². The Morgan fingerprint density at radius 1 is 0.873 bits per heavy atom. The monoisotopic (exact) mass is 849 g/mol. The van der Waals surface area contributed by atoms with E-state index in [1.54, 1.807) is 6.92 Å². The number of aryl methyl sites for hydroxylation is 1. The Hall–Kier alpha value is -3.37. The summed E-state index contributed by atoms with van der Waals surface area (Å²) >= 11 is 0. The molecule has 0 radical (unpaired) electrons. The smallest absolute Gasteiger partial charge is 0.394 e. The van der Waals surface area contributed by atoms with Gasteiger partial charge in [0, 0.05) is 0 Å². The molecule has 308 valence electrons. The third-order valence-electron chi connectivity index (χ3n) is 7.62. The van der Waals surface area contributed by atoms with Crippen LogP contribution in [0, 0.1) is 6.92 Å². The lowest BCUT2D eigenvalue weighted by molar-refractivity contribution is -0.0949. The second-order valence-corrected chi connectivity index (χ2v) is 16.0. The number of fused-ring (bicyclic) bond motifs is 2. The van der Waals surface area contributed by atoms with Crippen LogP contribution < -0.4 is 16.9 Å². The van der Waals surface area contributed by atoms with Gasteiger partial charge in [0.15, 0.2) is 34.8 Å². The SMILES string of the molecule is CC.CC1(O)[C@@H](O)[C@@H](COP(=O)(O)OP(=O)(O)OP(=O)(O)O)O[C@H]1n1cnc2c(=O)[nH]c(N)nc21.Cc1nc2c(ncn2[C@@H]2O[C@H](CO)[C@H](O)C2O)c(=O)[nH]1. The number of rotatable bonds is 10. The van der Waals surface area contributed by atoms with Crippen LogP contribution in [-0.4, -0.2) is 133 Å². The molecule has 0 amide bonds. The highest BCUT2D eigenvalue weighted by Crippen LogP contribution is 2.66. The maximum atomic E-state index is 11.9. The fraction of sp³-hybridized carbons (Fsp3) is 0.583. The van der Waals surface area contributed by atoms with Crippen molar-refractivity contribution in [2.75, 3.05) is 18.9 Å². The molecule has 2 saturated heterocycles. The number of hydrogen-bond donors (Lipinski definition) is 12. The number of imidazole rings is 2. The van der Waals surface area contributed by atoms with Crippen molar-refractivity contribution in [3.63, 3.8) is 0 Å². The molecule has 0 spiro atoms. The molecule has 31 heteroatoms. The topological polar surface area (TPSA) is 433 Å². The minimum absolute atomic E-state index is 0.119. The molecule has 13 N–H and O–H groups in total. The molecule has 0 aromatic carbocycles. The standard InChI is InChI=1S/C11H18N5O14P3.C11H14N4O5.C2H6/c1-11(19)6(17)4(2-27-32(23,24)30-33(25,26)29-31(20,21)22)28-9(11)16-3-13-5-7(16)14-10(12)15-8(5)18;1-4-13-9-6(10(19)14-4)12-3-15(9)11-8(18)7(17)5(2-16)20-11;1-2/h3-4,6,9,17,19H,2H2,1H3,(H,23,24)(H,25,26)(H2,20,21,22)(H3,12,14,15,18);3,5,7-8,11,16-18H,2H2,1H3,(H,13,14,19);1-2H3/t4-,6+,9-,11?;5-,7+,8?,11-;/m11./s1. The molecule has 4 unspecified atom stereocenters. The zero-order valence-corrected chi connectivity index (χ0v) is 31.5. The number of aliphatic hydroxyl groups is 5. The van der Waals surface area contributed by atoms with Crippen LogP contribution in [0.5, 0.6) is 0 Å². The van der Waals surface area contributed by atoms with Crippen molar-refractivity contribution in [3.8, 4) is 0 Å². The summed E-state index contributed by atoms with van der Waals surface area (Å²) in [5.74, 6) is 0.118. The molecule has 6 heterocycles. The molecule has 55 heavy (non-hydrogen) atoms. The van der Waals surface area contributed by atoms with Crippen LogP contribution in [0.4, 0.5) is 5.95 Å². The van der Waals surface area contributed by atoms with E-state index in [1.165, 1.54) is 10.9 Å². The first-order chi connectivity index (χ1) is 25.4. The zero-order valence-electron chi connectivity index (χ0n) is 28.8. The van der Waals surface area contributed by atoms with Gasteiger partial charge in [-0.05, 0) is 13.8 Å². The first-order valence-corrected chi connectivity index (χ1v) is 20.1. The average Bonchev–Trinajstić information content (AvgIpc) is 3.80. The van der Waals surface area contributed by atoms with Gasteiger partial charge >= 0.3 is 23.5 Å². The molecule has 2 fully saturated rings. The number of nitrogen functional groups attached to an aromatic ring is 1. The third kappa shape index (κ3) is 9.78. The van der Waals surface area contributed by atoms with Crippen LogP contribution >= 0.6 is 23.5 Å². The van der Waals surface area contributed by atoms with E-state index < -0.39 is 96.4 Å². The normalized spacial score (nSPS) is 28.9. The first kappa shape index (κ1) is 44.3. The summed E-state index contributed by atoms with van der Waals surface area (Å²) in [5, 5.41) is 49.9. The van der Waals surface area contributed by atoms with E-state index in [2.05, 4.69) is 43.0 Å². The lowest BCUT2D eigenvalue weighted by atomic mass is 9.96. The number of aliphatic hydroxyl groups excluding tert-OH is 4. The Kier molecular flexibility index (Phi) is 13.4. The molecule has 2 aliphatic heterocycles. The molecular weight excluding hydrogens is 811 g/mol.